The van der Waals surface area contributed by atoms with E-state index in [1.54, 1.807) is 0 Å². The van der Waals surface area contributed by atoms with E-state index in [1.807, 2.05) is 0 Å². The van der Waals surface area contributed by atoms with Gasteiger partial charge in [0.2, 0.25) is 0 Å². The van der Waals surface area contributed by atoms with Gasteiger partial charge in [-0.25, -0.2) is 0 Å². The molecule has 0 aromatic heterocycles. The number of nitrogens with zero attached hydrogens (tertiary/aromatic N) is 1. The van der Waals surface area contributed by atoms with Gasteiger partial charge in [-0.15, -0.1) is 0 Å². The minimum Gasteiger partial charge on any atom is -0.329 e. The van der Waals surface area contributed by atoms with E-state index in [-0.39, 0.29) is 5.54 Å². The molecular weight excluding hydrogens is 220 g/mol. The van der Waals surface area contributed by atoms with Crippen LogP contribution in [0.3, 0.4) is 0 Å². The SMILES string of the molecule is CN(Cc1ccccc1)C1(CN)CC2CCC1C2. The third kappa shape index (κ3) is 1.88. The second-order valence-electron chi connectivity index (χ2n) is 6.23. The average molecular weight is 244 g/mol. The fourth-order valence-corrected chi connectivity index (χ4v) is 4.30. The summed E-state index contributed by atoms with van der Waals surface area (Å²) in [5.74, 6) is 1.78. The molecule has 0 radical (unpaired) electrons. The molecule has 0 aliphatic heterocycles. The summed E-state index contributed by atoms with van der Waals surface area (Å²) in [7, 11) is 2.26. The van der Waals surface area contributed by atoms with Crippen LogP contribution in [0.15, 0.2) is 30.3 Å². The third-order valence-electron chi connectivity index (χ3n) is 5.32. The van der Waals surface area contributed by atoms with Crippen molar-refractivity contribution in [1.29, 1.82) is 0 Å². The van der Waals surface area contributed by atoms with E-state index in [2.05, 4.69) is 42.3 Å². The lowest BCUT2D eigenvalue weighted by Crippen LogP contribution is -2.55. The van der Waals surface area contributed by atoms with Gasteiger partial charge in [0, 0.05) is 18.6 Å². The lowest BCUT2D eigenvalue weighted by atomic mass is 9.79. The second kappa shape index (κ2) is 4.67. The summed E-state index contributed by atoms with van der Waals surface area (Å²) in [6.07, 6.45) is 5.56. The molecule has 3 unspecified atom stereocenters. The number of hydrogen-bond acceptors (Lipinski definition) is 2. The van der Waals surface area contributed by atoms with Crippen molar-refractivity contribution in [2.45, 2.75) is 37.8 Å². The molecule has 0 amide bonds. The first kappa shape index (κ1) is 12.2. The third-order valence-corrected chi connectivity index (χ3v) is 5.32. The highest BCUT2D eigenvalue weighted by Gasteiger charge is 2.52. The molecule has 1 aromatic rings. The summed E-state index contributed by atoms with van der Waals surface area (Å²) >= 11 is 0. The summed E-state index contributed by atoms with van der Waals surface area (Å²) in [6, 6.07) is 10.8. The van der Waals surface area contributed by atoms with Crippen molar-refractivity contribution in [1.82, 2.24) is 4.90 Å². The second-order valence-corrected chi connectivity index (χ2v) is 6.23. The quantitative estimate of drug-likeness (QED) is 0.882. The van der Waals surface area contributed by atoms with E-state index in [0.29, 0.717) is 0 Å². The number of likely N-dealkylation sites (N-methyl/N-ethyl adjacent to an activating group) is 1. The molecule has 2 fully saturated rings. The Hall–Kier alpha value is -0.860. The Bertz CT molecular complexity index is 403. The largest absolute Gasteiger partial charge is 0.329 e. The maximum absolute atomic E-state index is 6.17. The van der Waals surface area contributed by atoms with E-state index in [9.17, 15) is 0 Å². The molecule has 98 valence electrons. The van der Waals surface area contributed by atoms with Crippen molar-refractivity contribution in [3.05, 3.63) is 35.9 Å². The summed E-state index contributed by atoms with van der Waals surface area (Å²) in [5, 5.41) is 0. The molecule has 1 aromatic carbocycles. The number of hydrogen-bond donors (Lipinski definition) is 1. The van der Waals surface area contributed by atoms with E-state index in [0.717, 1.165) is 24.9 Å². The molecule has 0 heterocycles. The highest BCUT2D eigenvalue weighted by atomic mass is 15.2. The van der Waals surface area contributed by atoms with Crippen molar-refractivity contribution < 1.29 is 0 Å². The van der Waals surface area contributed by atoms with Gasteiger partial charge in [0.1, 0.15) is 0 Å². The summed E-state index contributed by atoms with van der Waals surface area (Å²) in [6.45, 7) is 1.85. The van der Waals surface area contributed by atoms with Crippen molar-refractivity contribution in [2.24, 2.45) is 17.6 Å². The van der Waals surface area contributed by atoms with E-state index in [4.69, 9.17) is 5.73 Å². The average Bonchev–Trinajstić information content (AvgIpc) is 3.00. The van der Waals surface area contributed by atoms with Gasteiger partial charge in [0.15, 0.2) is 0 Å². The molecule has 2 aliphatic carbocycles. The number of rotatable bonds is 4. The number of fused-ring (bicyclic) bond motifs is 2. The zero-order valence-corrected chi connectivity index (χ0v) is 11.3. The molecule has 3 rings (SSSR count). The number of benzene rings is 1. The van der Waals surface area contributed by atoms with E-state index < -0.39 is 0 Å². The van der Waals surface area contributed by atoms with Gasteiger partial charge < -0.3 is 5.73 Å². The first-order valence-electron chi connectivity index (χ1n) is 7.20. The Labute approximate surface area is 110 Å². The first-order valence-corrected chi connectivity index (χ1v) is 7.20. The number of nitrogens with two attached hydrogens (primary N) is 1. The zero-order chi connectivity index (χ0) is 12.6. The molecule has 2 bridgehead atoms. The maximum Gasteiger partial charge on any atom is 0.0363 e. The summed E-state index contributed by atoms with van der Waals surface area (Å²) in [5.41, 5.74) is 7.84. The van der Waals surface area contributed by atoms with Crippen LogP contribution >= 0.6 is 0 Å². The molecular formula is C16H24N2. The van der Waals surface area contributed by atoms with Crippen LogP contribution < -0.4 is 5.73 Å². The van der Waals surface area contributed by atoms with Gasteiger partial charge in [0.25, 0.3) is 0 Å². The van der Waals surface area contributed by atoms with E-state index >= 15 is 0 Å². The van der Waals surface area contributed by atoms with Crippen LogP contribution in [0.1, 0.15) is 31.2 Å². The highest BCUT2D eigenvalue weighted by Crippen LogP contribution is 2.52. The van der Waals surface area contributed by atoms with Crippen LogP contribution in [0.25, 0.3) is 0 Å². The molecule has 2 nitrogen and oxygen atoms in total. The normalized spacial score (nSPS) is 34.4. The predicted octanol–water partition coefficient (Wildman–Crippen LogP) is 2.64. The summed E-state index contributed by atoms with van der Waals surface area (Å²) in [4.78, 5) is 2.53. The van der Waals surface area contributed by atoms with E-state index in [1.165, 1.54) is 31.2 Å². The topological polar surface area (TPSA) is 29.3 Å². The predicted molar refractivity (Wildman–Crippen MR) is 75.1 cm³/mol. The van der Waals surface area contributed by atoms with Gasteiger partial charge >= 0.3 is 0 Å². The van der Waals surface area contributed by atoms with Crippen LogP contribution in [0, 0.1) is 11.8 Å². The van der Waals surface area contributed by atoms with Crippen molar-refractivity contribution in [3.63, 3.8) is 0 Å². The monoisotopic (exact) mass is 244 g/mol. The molecule has 0 saturated heterocycles. The van der Waals surface area contributed by atoms with Gasteiger partial charge in [-0.2, -0.15) is 0 Å². The standard InChI is InChI=1S/C16H24N2/c1-18(11-13-5-3-2-4-6-13)16(12-17)10-14-7-8-15(16)9-14/h2-6,14-15H,7-12,17H2,1H3. The van der Waals surface area contributed by atoms with Crippen molar-refractivity contribution >= 4 is 0 Å². The van der Waals surface area contributed by atoms with Gasteiger partial charge in [-0.05, 0) is 43.7 Å². The maximum atomic E-state index is 6.17. The van der Waals surface area contributed by atoms with Crippen LogP contribution in [-0.4, -0.2) is 24.0 Å². The van der Waals surface area contributed by atoms with Crippen LogP contribution in [0.2, 0.25) is 0 Å². The molecule has 3 atom stereocenters. The van der Waals surface area contributed by atoms with Gasteiger partial charge in [-0.3, -0.25) is 4.90 Å². The van der Waals surface area contributed by atoms with Crippen molar-refractivity contribution in [3.8, 4) is 0 Å². The van der Waals surface area contributed by atoms with Crippen molar-refractivity contribution in [2.75, 3.05) is 13.6 Å². The Morgan fingerprint density at radius 1 is 1.28 bits per heavy atom. The highest BCUT2D eigenvalue weighted by molar-refractivity contribution is 5.16. The minimum atomic E-state index is 0.277. The molecule has 18 heavy (non-hydrogen) atoms. The van der Waals surface area contributed by atoms with Gasteiger partial charge in [0.05, 0.1) is 0 Å². The lowest BCUT2D eigenvalue weighted by molar-refractivity contribution is 0.0591. The zero-order valence-electron chi connectivity index (χ0n) is 11.3. The Kier molecular flexibility index (Phi) is 3.16. The van der Waals surface area contributed by atoms with Crippen LogP contribution in [-0.2, 0) is 6.54 Å². The fourth-order valence-electron chi connectivity index (χ4n) is 4.30. The smallest absolute Gasteiger partial charge is 0.0363 e. The molecule has 2 aliphatic rings. The first-order chi connectivity index (χ1) is 8.74. The molecule has 0 spiro atoms. The van der Waals surface area contributed by atoms with Crippen LogP contribution in [0.4, 0.5) is 0 Å². The minimum absolute atomic E-state index is 0.277. The Morgan fingerprint density at radius 2 is 2.06 bits per heavy atom. The van der Waals surface area contributed by atoms with Gasteiger partial charge in [-0.1, -0.05) is 36.8 Å². The fraction of sp³-hybridized carbons (Fsp3) is 0.625. The molecule has 2 saturated carbocycles. The molecule has 2 heteroatoms. The Balaban J connectivity index is 1.76. The molecule has 2 N–H and O–H groups in total. The lowest BCUT2D eigenvalue weighted by Gasteiger charge is -2.44. The Morgan fingerprint density at radius 3 is 2.61 bits per heavy atom. The van der Waals surface area contributed by atoms with Crippen LogP contribution in [0.5, 0.6) is 0 Å². The summed E-state index contributed by atoms with van der Waals surface area (Å²) < 4.78 is 0.